The Morgan fingerprint density at radius 1 is 1.55 bits per heavy atom. The standard InChI is InChI=1S/C8H10FNS/c1-6-4-7(10-5-11)2-3-8(6)9/h2-4,10-11H,5H2,1H3. The summed E-state index contributed by atoms with van der Waals surface area (Å²) >= 11 is 3.99. The van der Waals surface area contributed by atoms with Gasteiger partial charge in [0.25, 0.3) is 0 Å². The lowest BCUT2D eigenvalue weighted by molar-refractivity contribution is 0.619. The molecule has 11 heavy (non-hydrogen) atoms. The lowest BCUT2D eigenvalue weighted by Crippen LogP contribution is -1.95. The van der Waals surface area contributed by atoms with E-state index in [-0.39, 0.29) is 5.82 Å². The number of rotatable bonds is 2. The molecule has 1 aromatic carbocycles. The molecule has 1 nitrogen and oxygen atoms in total. The van der Waals surface area contributed by atoms with Gasteiger partial charge in [-0.1, -0.05) is 0 Å². The normalized spacial score (nSPS) is 9.73. The first-order valence-electron chi connectivity index (χ1n) is 3.35. The quantitative estimate of drug-likeness (QED) is 0.514. The summed E-state index contributed by atoms with van der Waals surface area (Å²) < 4.78 is 12.7. The van der Waals surface area contributed by atoms with Crippen LogP contribution in [0.2, 0.25) is 0 Å². The molecule has 60 valence electrons. The zero-order valence-corrected chi connectivity index (χ0v) is 7.16. The first kappa shape index (κ1) is 8.40. The van der Waals surface area contributed by atoms with E-state index in [1.807, 2.05) is 0 Å². The minimum atomic E-state index is -0.172. The van der Waals surface area contributed by atoms with Gasteiger partial charge in [0, 0.05) is 5.69 Å². The van der Waals surface area contributed by atoms with Gasteiger partial charge >= 0.3 is 0 Å². The van der Waals surface area contributed by atoms with Crippen molar-refractivity contribution >= 4 is 18.3 Å². The van der Waals surface area contributed by atoms with E-state index in [0.29, 0.717) is 11.4 Å². The molecule has 3 heteroatoms. The maximum absolute atomic E-state index is 12.7. The Morgan fingerprint density at radius 3 is 2.82 bits per heavy atom. The van der Waals surface area contributed by atoms with Gasteiger partial charge in [0.05, 0.1) is 5.88 Å². The second-order valence-corrected chi connectivity index (χ2v) is 2.62. The van der Waals surface area contributed by atoms with Gasteiger partial charge in [-0.25, -0.2) is 4.39 Å². The van der Waals surface area contributed by atoms with Crippen LogP contribution in [-0.4, -0.2) is 5.88 Å². The molecule has 0 saturated carbocycles. The van der Waals surface area contributed by atoms with Crippen molar-refractivity contribution in [3.63, 3.8) is 0 Å². The lowest BCUT2D eigenvalue weighted by atomic mass is 10.2. The highest BCUT2D eigenvalue weighted by molar-refractivity contribution is 7.80. The molecular formula is C8H10FNS. The third-order valence-electron chi connectivity index (χ3n) is 1.44. The van der Waals surface area contributed by atoms with E-state index >= 15 is 0 Å². The van der Waals surface area contributed by atoms with E-state index in [2.05, 4.69) is 17.9 Å². The van der Waals surface area contributed by atoms with Crippen molar-refractivity contribution in [2.75, 3.05) is 11.2 Å². The molecule has 0 unspecified atom stereocenters. The summed E-state index contributed by atoms with van der Waals surface area (Å²) in [5.41, 5.74) is 1.55. The van der Waals surface area contributed by atoms with Crippen LogP contribution < -0.4 is 5.32 Å². The Kier molecular flexibility index (Phi) is 2.76. The maximum Gasteiger partial charge on any atom is 0.126 e. The fourth-order valence-electron chi connectivity index (χ4n) is 0.846. The molecule has 0 heterocycles. The van der Waals surface area contributed by atoms with Crippen molar-refractivity contribution in [1.29, 1.82) is 0 Å². The van der Waals surface area contributed by atoms with E-state index < -0.39 is 0 Å². The average Bonchev–Trinajstić information content (AvgIpc) is 1.98. The van der Waals surface area contributed by atoms with Gasteiger partial charge in [0.1, 0.15) is 5.82 Å². The van der Waals surface area contributed by atoms with Crippen molar-refractivity contribution in [3.8, 4) is 0 Å². The second-order valence-electron chi connectivity index (χ2n) is 2.30. The summed E-state index contributed by atoms with van der Waals surface area (Å²) in [7, 11) is 0. The molecule has 0 aliphatic rings. The number of thiol groups is 1. The molecular weight excluding hydrogens is 161 g/mol. The average molecular weight is 171 g/mol. The van der Waals surface area contributed by atoms with Crippen molar-refractivity contribution in [3.05, 3.63) is 29.6 Å². The molecule has 0 atom stereocenters. The molecule has 1 N–H and O–H groups in total. The van der Waals surface area contributed by atoms with Gasteiger partial charge in [-0.15, -0.1) is 0 Å². The van der Waals surface area contributed by atoms with Crippen LogP contribution in [0.3, 0.4) is 0 Å². The molecule has 0 saturated heterocycles. The van der Waals surface area contributed by atoms with Crippen LogP contribution in [-0.2, 0) is 0 Å². The number of anilines is 1. The zero-order chi connectivity index (χ0) is 8.27. The predicted octanol–water partition coefficient (Wildman–Crippen LogP) is 2.43. The number of hydrogen-bond donors (Lipinski definition) is 2. The third kappa shape index (κ3) is 2.12. The summed E-state index contributed by atoms with van der Waals surface area (Å²) in [6.45, 7) is 1.74. The van der Waals surface area contributed by atoms with Crippen LogP contribution in [0.4, 0.5) is 10.1 Å². The topological polar surface area (TPSA) is 12.0 Å². The number of hydrogen-bond acceptors (Lipinski definition) is 2. The van der Waals surface area contributed by atoms with E-state index in [9.17, 15) is 4.39 Å². The zero-order valence-electron chi connectivity index (χ0n) is 6.26. The van der Waals surface area contributed by atoms with Crippen LogP contribution >= 0.6 is 12.6 Å². The first-order chi connectivity index (χ1) is 5.24. The van der Waals surface area contributed by atoms with Gasteiger partial charge in [-0.05, 0) is 30.7 Å². The molecule has 0 fully saturated rings. The molecule has 0 radical (unpaired) electrons. The summed E-state index contributed by atoms with van der Waals surface area (Å²) in [5, 5.41) is 2.97. The number of halogens is 1. The van der Waals surface area contributed by atoms with Gasteiger partial charge in [-0.2, -0.15) is 12.6 Å². The maximum atomic E-state index is 12.7. The summed E-state index contributed by atoms with van der Waals surface area (Å²) in [6, 6.07) is 4.89. The smallest absolute Gasteiger partial charge is 0.126 e. The highest BCUT2D eigenvalue weighted by Gasteiger charge is 1.96. The van der Waals surface area contributed by atoms with Crippen LogP contribution in [0.15, 0.2) is 18.2 Å². The largest absolute Gasteiger partial charge is 0.376 e. The monoisotopic (exact) mass is 171 g/mol. The Labute approximate surface area is 71.0 Å². The molecule has 0 aliphatic carbocycles. The summed E-state index contributed by atoms with van der Waals surface area (Å²) in [5.74, 6) is 0.389. The van der Waals surface area contributed by atoms with Gasteiger partial charge in [0.15, 0.2) is 0 Å². The van der Waals surface area contributed by atoms with E-state index in [0.717, 1.165) is 5.69 Å². The number of nitrogens with one attached hydrogen (secondary N) is 1. The molecule has 0 bridgehead atoms. The van der Waals surface area contributed by atoms with E-state index in [4.69, 9.17) is 0 Å². The molecule has 1 rings (SSSR count). The molecule has 0 aromatic heterocycles. The van der Waals surface area contributed by atoms with Crippen molar-refractivity contribution in [2.24, 2.45) is 0 Å². The Hall–Kier alpha value is -0.700. The molecule has 0 spiro atoms. The fraction of sp³-hybridized carbons (Fsp3) is 0.250. The molecule has 1 aromatic rings. The second kappa shape index (κ2) is 3.62. The SMILES string of the molecule is Cc1cc(NCS)ccc1F. The van der Waals surface area contributed by atoms with Crippen LogP contribution in [0.1, 0.15) is 5.56 Å². The Morgan fingerprint density at radius 2 is 2.27 bits per heavy atom. The summed E-state index contributed by atoms with van der Waals surface area (Å²) in [6.07, 6.45) is 0. The lowest BCUT2D eigenvalue weighted by Gasteiger charge is -2.03. The Balaban J connectivity index is 2.86. The van der Waals surface area contributed by atoms with Crippen molar-refractivity contribution in [1.82, 2.24) is 0 Å². The van der Waals surface area contributed by atoms with Crippen LogP contribution in [0, 0.1) is 12.7 Å². The third-order valence-corrected chi connectivity index (χ3v) is 1.60. The Bertz CT molecular complexity index is 250. The minimum absolute atomic E-state index is 0.172. The van der Waals surface area contributed by atoms with Crippen molar-refractivity contribution < 1.29 is 4.39 Å². The van der Waals surface area contributed by atoms with Crippen LogP contribution in [0.25, 0.3) is 0 Å². The molecule has 0 aliphatic heterocycles. The fourth-order valence-corrected chi connectivity index (χ4v) is 1.03. The number of benzene rings is 1. The summed E-state index contributed by atoms with van der Waals surface area (Å²) in [4.78, 5) is 0. The van der Waals surface area contributed by atoms with E-state index in [1.165, 1.54) is 6.07 Å². The number of aryl methyl sites for hydroxylation is 1. The molecule has 0 amide bonds. The highest BCUT2D eigenvalue weighted by atomic mass is 32.1. The van der Waals surface area contributed by atoms with E-state index in [1.54, 1.807) is 19.1 Å². The van der Waals surface area contributed by atoms with Gasteiger partial charge in [0.2, 0.25) is 0 Å². The minimum Gasteiger partial charge on any atom is -0.376 e. The highest BCUT2D eigenvalue weighted by Crippen LogP contribution is 2.13. The van der Waals surface area contributed by atoms with Gasteiger partial charge < -0.3 is 5.32 Å². The van der Waals surface area contributed by atoms with Crippen LogP contribution in [0.5, 0.6) is 0 Å². The van der Waals surface area contributed by atoms with Gasteiger partial charge in [-0.3, -0.25) is 0 Å². The predicted molar refractivity (Wildman–Crippen MR) is 48.6 cm³/mol. The van der Waals surface area contributed by atoms with Crippen molar-refractivity contribution in [2.45, 2.75) is 6.92 Å². The first-order valence-corrected chi connectivity index (χ1v) is 3.98.